The van der Waals surface area contributed by atoms with Crippen molar-refractivity contribution in [3.63, 3.8) is 0 Å². The molecule has 0 atom stereocenters. The Labute approximate surface area is 180 Å². The van der Waals surface area contributed by atoms with Crippen molar-refractivity contribution in [2.45, 2.75) is 23.0 Å². The van der Waals surface area contributed by atoms with Crippen LogP contribution in [-0.2, 0) is 14.6 Å². The van der Waals surface area contributed by atoms with Gasteiger partial charge in [-0.15, -0.1) is 0 Å². The molecule has 29 heavy (non-hydrogen) atoms. The SMILES string of the molecule is COc1ccc(S(=O)(=O)C2CCN(C(=O)COc3ccc(Cl)cc3Cl)CC2)cc1. The summed E-state index contributed by atoms with van der Waals surface area (Å²) in [5, 5.41) is 0.287. The summed E-state index contributed by atoms with van der Waals surface area (Å²) in [7, 11) is -1.93. The molecule has 2 aromatic carbocycles. The molecule has 2 aromatic rings. The first-order valence-electron chi connectivity index (χ1n) is 9.05. The number of ether oxygens (including phenoxy) is 2. The lowest BCUT2D eigenvalue weighted by Gasteiger charge is -2.31. The van der Waals surface area contributed by atoms with Crippen molar-refractivity contribution in [1.29, 1.82) is 0 Å². The zero-order valence-electron chi connectivity index (χ0n) is 15.8. The Balaban J connectivity index is 1.55. The fourth-order valence-corrected chi connectivity index (χ4v) is 5.39. The number of carbonyl (C=O) groups is 1. The molecule has 1 heterocycles. The summed E-state index contributed by atoms with van der Waals surface area (Å²) < 4.78 is 36.2. The fourth-order valence-electron chi connectivity index (χ4n) is 3.20. The molecule has 0 bridgehead atoms. The molecule has 9 heteroatoms. The normalized spacial score (nSPS) is 15.2. The quantitative estimate of drug-likeness (QED) is 0.658. The van der Waals surface area contributed by atoms with Crippen LogP contribution in [0, 0.1) is 0 Å². The molecule has 156 valence electrons. The van der Waals surface area contributed by atoms with Crippen molar-refractivity contribution < 1.29 is 22.7 Å². The molecule has 0 unspecified atom stereocenters. The van der Waals surface area contributed by atoms with Gasteiger partial charge in [-0.2, -0.15) is 0 Å². The zero-order valence-corrected chi connectivity index (χ0v) is 18.1. The van der Waals surface area contributed by atoms with Crippen LogP contribution in [0.1, 0.15) is 12.8 Å². The Bertz CT molecular complexity index is 971. The molecule has 1 amide bonds. The number of nitrogens with zero attached hydrogens (tertiary/aromatic N) is 1. The molecule has 3 rings (SSSR count). The molecule has 6 nitrogen and oxygen atoms in total. The van der Waals surface area contributed by atoms with Crippen LogP contribution in [0.2, 0.25) is 10.0 Å². The molecule has 1 aliphatic heterocycles. The first-order chi connectivity index (χ1) is 13.8. The lowest BCUT2D eigenvalue weighted by molar-refractivity contribution is -0.134. The minimum absolute atomic E-state index is 0.169. The highest BCUT2D eigenvalue weighted by Crippen LogP contribution is 2.28. The van der Waals surface area contributed by atoms with Gasteiger partial charge in [0.1, 0.15) is 11.5 Å². The highest BCUT2D eigenvalue weighted by atomic mass is 35.5. The number of methoxy groups -OCH3 is 1. The summed E-state index contributed by atoms with van der Waals surface area (Å²) in [5.74, 6) is 0.767. The number of benzene rings is 2. The Hall–Kier alpha value is -1.96. The fraction of sp³-hybridized carbons (Fsp3) is 0.350. The second kappa shape index (κ2) is 9.24. The van der Waals surface area contributed by atoms with Crippen molar-refractivity contribution in [3.8, 4) is 11.5 Å². The number of amides is 1. The summed E-state index contributed by atoms with van der Waals surface area (Å²) >= 11 is 11.9. The second-order valence-electron chi connectivity index (χ2n) is 6.66. The number of halogens is 2. The van der Waals surface area contributed by atoms with Gasteiger partial charge in [0.2, 0.25) is 0 Å². The second-order valence-corrected chi connectivity index (χ2v) is 9.74. The highest BCUT2D eigenvalue weighted by molar-refractivity contribution is 7.92. The van der Waals surface area contributed by atoms with E-state index in [1.54, 1.807) is 47.4 Å². The van der Waals surface area contributed by atoms with E-state index < -0.39 is 15.1 Å². The average Bonchev–Trinajstić information content (AvgIpc) is 2.73. The summed E-state index contributed by atoms with van der Waals surface area (Å²) in [4.78, 5) is 14.3. The Morgan fingerprint density at radius 1 is 1.10 bits per heavy atom. The van der Waals surface area contributed by atoms with Crippen molar-refractivity contribution in [2.24, 2.45) is 0 Å². The third-order valence-corrected chi connectivity index (χ3v) is 7.68. The van der Waals surface area contributed by atoms with E-state index in [0.29, 0.717) is 47.5 Å². The first-order valence-corrected chi connectivity index (χ1v) is 11.3. The van der Waals surface area contributed by atoms with Gasteiger partial charge < -0.3 is 14.4 Å². The number of hydrogen-bond acceptors (Lipinski definition) is 5. The number of sulfone groups is 1. The average molecular weight is 458 g/mol. The van der Waals surface area contributed by atoms with Crippen LogP contribution < -0.4 is 9.47 Å². The summed E-state index contributed by atoms with van der Waals surface area (Å²) in [6.07, 6.45) is 0.754. The number of rotatable bonds is 6. The van der Waals surface area contributed by atoms with Crippen LogP contribution in [0.3, 0.4) is 0 Å². The number of hydrogen-bond donors (Lipinski definition) is 0. The van der Waals surface area contributed by atoms with Gasteiger partial charge in [0.05, 0.1) is 22.3 Å². The molecule has 1 aliphatic rings. The van der Waals surface area contributed by atoms with Crippen molar-refractivity contribution in [2.75, 3.05) is 26.8 Å². The maximum atomic E-state index is 12.8. The predicted octanol–water partition coefficient (Wildman–Crippen LogP) is 3.85. The van der Waals surface area contributed by atoms with Gasteiger partial charge in [-0.25, -0.2) is 8.42 Å². The molecule has 1 fully saturated rings. The smallest absolute Gasteiger partial charge is 0.260 e. The zero-order chi connectivity index (χ0) is 21.0. The predicted molar refractivity (Wildman–Crippen MR) is 112 cm³/mol. The van der Waals surface area contributed by atoms with E-state index in [4.69, 9.17) is 32.7 Å². The molecular formula is C20H21Cl2NO5S. The van der Waals surface area contributed by atoms with Crippen LogP contribution in [0.5, 0.6) is 11.5 Å². The molecule has 0 saturated carbocycles. The monoisotopic (exact) mass is 457 g/mol. The molecule has 0 aliphatic carbocycles. The van der Waals surface area contributed by atoms with Gasteiger partial charge in [0.15, 0.2) is 16.4 Å². The standard InChI is InChI=1S/C20H21Cl2NO5S/c1-27-15-3-5-16(6-4-15)29(25,26)17-8-10-23(11-9-17)20(24)13-28-19-7-2-14(21)12-18(19)22/h2-7,12,17H,8-11,13H2,1H3. The van der Waals surface area contributed by atoms with Gasteiger partial charge in [0.25, 0.3) is 5.91 Å². The lowest BCUT2D eigenvalue weighted by Crippen LogP contribution is -2.44. The van der Waals surface area contributed by atoms with Gasteiger partial charge in [-0.1, -0.05) is 23.2 Å². The van der Waals surface area contributed by atoms with E-state index in [1.165, 1.54) is 7.11 Å². The molecule has 1 saturated heterocycles. The van der Waals surface area contributed by atoms with Crippen LogP contribution >= 0.6 is 23.2 Å². The van der Waals surface area contributed by atoms with Crippen LogP contribution in [-0.4, -0.2) is 51.3 Å². The Kier molecular flexibility index (Phi) is 6.93. The third-order valence-electron chi connectivity index (χ3n) is 4.87. The first kappa shape index (κ1) is 21.7. The van der Waals surface area contributed by atoms with Crippen molar-refractivity contribution >= 4 is 38.9 Å². The van der Waals surface area contributed by atoms with Crippen molar-refractivity contribution in [3.05, 3.63) is 52.5 Å². The Morgan fingerprint density at radius 3 is 2.34 bits per heavy atom. The number of carbonyl (C=O) groups excluding carboxylic acids is 1. The number of likely N-dealkylation sites (tertiary alicyclic amines) is 1. The van der Waals surface area contributed by atoms with E-state index in [-0.39, 0.29) is 17.4 Å². The maximum absolute atomic E-state index is 12.8. The van der Waals surface area contributed by atoms with Gasteiger partial charge in [0, 0.05) is 18.1 Å². The van der Waals surface area contributed by atoms with Crippen molar-refractivity contribution in [1.82, 2.24) is 4.90 Å². The molecular weight excluding hydrogens is 437 g/mol. The minimum atomic E-state index is -3.46. The van der Waals surface area contributed by atoms with E-state index in [2.05, 4.69) is 0 Å². The van der Waals surface area contributed by atoms with Crippen LogP contribution in [0.4, 0.5) is 0 Å². The summed E-state index contributed by atoms with van der Waals surface area (Å²) in [5.41, 5.74) is 0. The van der Waals surface area contributed by atoms with E-state index in [1.807, 2.05) is 0 Å². The van der Waals surface area contributed by atoms with Gasteiger partial charge in [-0.05, 0) is 55.3 Å². The minimum Gasteiger partial charge on any atom is -0.497 e. The van der Waals surface area contributed by atoms with Gasteiger partial charge in [-0.3, -0.25) is 4.79 Å². The largest absolute Gasteiger partial charge is 0.497 e. The molecule has 0 radical (unpaired) electrons. The molecule has 0 N–H and O–H groups in total. The number of piperidine rings is 1. The third kappa shape index (κ3) is 5.15. The van der Waals surface area contributed by atoms with Gasteiger partial charge >= 0.3 is 0 Å². The maximum Gasteiger partial charge on any atom is 0.260 e. The molecule has 0 spiro atoms. The summed E-state index contributed by atoms with van der Waals surface area (Å²) in [6, 6.07) is 11.1. The van der Waals surface area contributed by atoms with Crippen LogP contribution in [0.15, 0.2) is 47.4 Å². The van der Waals surface area contributed by atoms with E-state index >= 15 is 0 Å². The highest BCUT2D eigenvalue weighted by Gasteiger charge is 2.32. The Morgan fingerprint density at radius 2 is 1.76 bits per heavy atom. The topological polar surface area (TPSA) is 72.9 Å². The lowest BCUT2D eigenvalue weighted by atomic mass is 10.1. The van der Waals surface area contributed by atoms with E-state index in [9.17, 15) is 13.2 Å². The molecule has 0 aromatic heterocycles. The van der Waals surface area contributed by atoms with E-state index in [0.717, 1.165) is 0 Å². The summed E-state index contributed by atoms with van der Waals surface area (Å²) in [6.45, 7) is 0.546. The van der Waals surface area contributed by atoms with Crippen LogP contribution in [0.25, 0.3) is 0 Å².